The molecule has 2 amide bonds. The number of aromatic amines is 1. The molecule has 1 heterocycles. The van der Waals surface area contributed by atoms with E-state index >= 15 is 0 Å². The number of aryl methyl sites for hydroxylation is 1. The second-order valence-corrected chi connectivity index (χ2v) is 5.75. The minimum absolute atomic E-state index is 0.329. The van der Waals surface area contributed by atoms with E-state index in [0.29, 0.717) is 22.8 Å². The maximum Gasteiger partial charge on any atom is 0.286 e. The van der Waals surface area contributed by atoms with Crippen molar-refractivity contribution in [2.75, 3.05) is 14.2 Å². The molecule has 0 fully saturated rings. The van der Waals surface area contributed by atoms with Gasteiger partial charge < -0.3 is 14.5 Å². The lowest BCUT2D eigenvalue weighted by atomic mass is 10.2. The zero-order chi connectivity index (χ0) is 18.7. The lowest BCUT2D eigenvalue weighted by Crippen LogP contribution is -2.41. The van der Waals surface area contributed by atoms with Gasteiger partial charge in [0.05, 0.1) is 14.2 Å². The number of nitrogens with one attached hydrogen (secondary N) is 3. The van der Waals surface area contributed by atoms with E-state index in [1.54, 1.807) is 18.2 Å². The average molecular weight is 353 g/mol. The van der Waals surface area contributed by atoms with E-state index in [1.165, 1.54) is 20.3 Å². The maximum absolute atomic E-state index is 12.3. The number of hydrogen-bond acceptors (Lipinski definition) is 4. The van der Waals surface area contributed by atoms with Gasteiger partial charge in [0, 0.05) is 16.5 Å². The molecule has 0 aliphatic rings. The molecule has 3 aromatic rings. The van der Waals surface area contributed by atoms with E-state index < -0.39 is 11.8 Å². The Morgan fingerprint density at radius 3 is 2.35 bits per heavy atom. The van der Waals surface area contributed by atoms with E-state index in [2.05, 4.69) is 15.8 Å². The minimum atomic E-state index is -0.466. The van der Waals surface area contributed by atoms with Crippen LogP contribution in [0.1, 0.15) is 26.4 Å². The van der Waals surface area contributed by atoms with Crippen molar-refractivity contribution in [3.63, 3.8) is 0 Å². The molecule has 2 aromatic carbocycles. The number of amides is 2. The number of ether oxygens (including phenoxy) is 2. The van der Waals surface area contributed by atoms with E-state index in [9.17, 15) is 9.59 Å². The number of H-pyrrole nitrogens is 1. The zero-order valence-corrected chi connectivity index (χ0v) is 14.7. The summed E-state index contributed by atoms with van der Waals surface area (Å²) in [5, 5.41) is 0.923. The summed E-state index contributed by atoms with van der Waals surface area (Å²) in [5.41, 5.74) is 7.43. The van der Waals surface area contributed by atoms with Gasteiger partial charge in [0.15, 0.2) is 11.5 Å². The summed E-state index contributed by atoms with van der Waals surface area (Å²) in [6.07, 6.45) is 0. The highest BCUT2D eigenvalue weighted by Gasteiger charge is 2.13. The molecule has 0 bridgehead atoms. The van der Waals surface area contributed by atoms with Crippen LogP contribution in [0.5, 0.6) is 11.5 Å². The highest BCUT2D eigenvalue weighted by molar-refractivity contribution is 6.01. The molecule has 0 spiro atoms. The largest absolute Gasteiger partial charge is 0.493 e. The van der Waals surface area contributed by atoms with Crippen molar-refractivity contribution in [1.82, 2.24) is 15.8 Å². The first-order valence-corrected chi connectivity index (χ1v) is 7.94. The molecule has 7 heteroatoms. The van der Waals surface area contributed by atoms with Crippen LogP contribution in [0.15, 0.2) is 42.5 Å². The van der Waals surface area contributed by atoms with Gasteiger partial charge in [0.25, 0.3) is 11.8 Å². The Morgan fingerprint density at radius 1 is 0.885 bits per heavy atom. The molecule has 0 atom stereocenters. The number of carbonyl (C=O) groups excluding carboxylic acids is 2. The van der Waals surface area contributed by atoms with Gasteiger partial charge in [-0.2, -0.15) is 0 Å². The third-order valence-electron chi connectivity index (χ3n) is 3.96. The van der Waals surface area contributed by atoms with Crippen molar-refractivity contribution in [2.45, 2.75) is 6.92 Å². The van der Waals surface area contributed by atoms with E-state index in [4.69, 9.17) is 9.47 Å². The Morgan fingerprint density at radius 2 is 1.62 bits per heavy atom. The topological polar surface area (TPSA) is 92.5 Å². The van der Waals surface area contributed by atoms with Crippen LogP contribution in [0.3, 0.4) is 0 Å². The van der Waals surface area contributed by atoms with Crippen LogP contribution < -0.4 is 20.3 Å². The van der Waals surface area contributed by atoms with Gasteiger partial charge in [0.2, 0.25) is 0 Å². The summed E-state index contributed by atoms with van der Waals surface area (Å²) in [6.45, 7) is 1.98. The number of aromatic nitrogens is 1. The van der Waals surface area contributed by atoms with Crippen molar-refractivity contribution in [3.8, 4) is 11.5 Å². The molecule has 0 saturated heterocycles. The van der Waals surface area contributed by atoms with Crippen molar-refractivity contribution in [1.29, 1.82) is 0 Å². The lowest BCUT2D eigenvalue weighted by molar-refractivity contribution is 0.0844. The van der Waals surface area contributed by atoms with E-state index in [-0.39, 0.29) is 0 Å². The predicted molar refractivity (Wildman–Crippen MR) is 97.5 cm³/mol. The van der Waals surface area contributed by atoms with Gasteiger partial charge in [-0.25, -0.2) is 0 Å². The van der Waals surface area contributed by atoms with Crippen LogP contribution in [0, 0.1) is 6.92 Å². The monoisotopic (exact) mass is 353 g/mol. The number of rotatable bonds is 4. The van der Waals surface area contributed by atoms with E-state index in [0.717, 1.165) is 16.5 Å². The van der Waals surface area contributed by atoms with Crippen LogP contribution in [0.4, 0.5) is 0 Å². The normalized spacial score (nSPS) is 10.4. The maximum atomic E-state index is 12.3. The molecule has 0 aliphatic carbocycles. The molecule has 1 aromatic heterocycles. The third-order valence-corrected chi connectivity index (χ3v) is 3.96. The van der Waals surface area contributed by atoms with Crippen LogP contribution >= 0.6 is 0 Å². The van der Waals surface area contributed by atoms with Crippen LogP contribution in [0.25, 0.3) is 10.9 Å². The number of hydrazine groups is 1. The van der Waals surface area contributed by atoms with E-state index in [1.807, 2.05) is 25.1 Å². The quantitative estimate of drug-likeness (QED) is 0.629. The molecular weight excluding hydrogens is 334 g/mol. The van der Waals surface area contributed by atoms with Crippen molar-refractivity contribution in [3.05, 3.63) is 59.3 Å². The molecule has 0 unspecified atom stereocenters. The highest BCUT2D eigenvalue weighted by atomic mass is 16.5. The molecule has 0 saturated carbocycles. The smallest absolute Gasteiger partial charge is 0.286 e. The Balaban J connectivity index is 1.69. The van der Waals surface area contributed by atoms with Crippen LogP contribution in [-0.4, -0.2) is 31.0 Å². The third kappa shape index (κ3) is 3.46. The summed E-state index contributed by atoms with van der Waals surface area (Å²) in [5.74, 6) is 0.0397. The molecule has 26 heavy (non-hydrogen) atoms. The second kappa shape index (κ2) is 7.18. The lowest BCUT2D eigenvalue weighted by Gasteiger charge is -2.10. The second-order valence-electron chi connectivity index (χ2n) is 5.75. The Kier molecular flexibility index (Phi) is 4.79. The van der Waals surface area contributed by atoms with Crippen molar-refractivity contribution in [2.24, 2.45) is 0 Å². The number of hydrogen-bond donors (Lipinski definition) is 3. The fraction of sp³-hybridized carbons (Fsp3) is 0.158. The molecule has 0 aliphatic heterocycles. The number of benzene rings is 2. The molecule has 134 valence electrons. The standard InChI is InChI=1S/C19H19N3O4/c1-11-4-5-12-9-15(20-14(12)8-11)19(24)22-21-18(23)13-6-7-16(25-2)17(10-13)26-3/h4-10,20H,1-3H3,(H,21,23)(H,22,24). The van der Waals surface area contributed by atoms with Gasteiger partial charge in [-0.1, -0.05) is 12.1 Å². The Hall–Kier alpha value is -3.48. The summed E-state index contributed by atoms with van der Waals surface area (Å²) in [7, 11) is 3.00. The van der Waals surface area contributed by atoms with Crippen LogP contribution in [0.2, 0.25) is 0 Å². The molecule has 3 rings (SSSR count). The zero-order valence-electron chi connectivity index (χ0n) is 14.7. The first-order chi connectivity index (χ1) is 12.5. The van der Waals surface area contributed by atoms with Gasteiger partial charge in [-0.15, -0.1) is 0 Å². The van der Waals surface area contributed by atoms with Gasteiger partial charge in [0.1, 0.15) is 5.69 Å². The number of fused-ring (bicyclic) bond motifs is 1. The number of methoxy groups -OCH3 is 2. The summed E-state index contributed by atoms with van der Waals surface area (Å²) >= 11 is 0. The fourth-order valence-corrected chi connectivity index (χ4v) is 2.59. The Bertz CT molecular complexity index is 978. The first-order valence-electron chi connectivity index (χ1n) is 7.94. The SMILES string of the molecule is COc1ccc(C(=O)NNC(=O)c2cc3ccc(C)cc3[nH]2)cc1OC. The van der Waals surface area contributed by atoms with Crippen molar-refractivity contribution < 1.29 is 19.1 Å². The molecule has 7 nitrogen and oxygen atoms in total. The molecule has 0 radical (unpaired) electrons. The highest BCUT2D eigenvalue weighted by Crippen LogP contribution is 2.27. The molecular formula is C19H19N3O4. The fourth-order valence-electron chi connectivity index (χ4n) is 2.59. The minimum Gasteiger partial charge on any atom is -0.493 e. The van der Waals surface area contributed by atoms with Gasteiger partial charge >= 0.3 is 0 Å². The molecule has 3 N–H and O–H groups in total. The van der Waals surface area contributed by atoms with Crippen molar-refractivity contribution >= 4 is 22.7 Å². The Labute approximate surface area is 150 Å². The average Bonchev–Trinajstić information content (AvgIpc) is 3.08. The van der Waals surface area contributed by atoms with Crippen LogP contribution in [-0.2, 0) is 0 Å². The summed E-state index contributed by atoms with van der Waals surface area (Å²) < 4.78 is 10.3. The van der Waals surface area contributed by atoms with Gasteiger partial charge in [-0.3, -0.25) is 20.4 Å². The summed E-state index contributed by atoms with van der Waals surface area (Å²) in [6, 6.07) is 12.3. The number of carbonyl (C=O) groups is 2. The van der Waals surface area contributed by atoms with Gasteiger partial charge in [-0.05, 0) is 42.8 Å². The predicted octanol–water partition coefficient (Wildman–Crippen LogP) is 2.57. The first kappa shape index (κ1) is 17.3. The summed E-state index contributed by atoms with van der Waals surface area (Å²) in [4.78, 5) is 27.5.